The van der Waals surface area contributed by atoms with E-state index in [-0.39, 0.29) is 17.0 Å². The van der Waals surface area contributed by atoms with E-state index in [0.29, 0.717) is 0 Å². The Hall–Kier alpha value is 0.400. The molecule has 0 saturated heterocycles. The molecular formula is C24H53BrN2. The van der Waals surface area contributed by atoms with Crippen molar-refractivity contribution in [1.82, 2.24) is 4.90 Å². The second-order valence-electron chi connectivity index (χ2n) is 9.95. The van der Waals surface area contributed by atoms with Crippen LogP contribution in [0.5, 0.6) is 0 Å². The van der Waals surface area contributed by atoms with Gasteiger partial charge in [0.15, 0.2) is 0 Å². The van der Waals surface area contributed by atoms with Crippen molar-refractivity contribution in [3.05, 3.63) is 0 Å². The Kier molecular flexibility index (Phi) is 21.6. The fraction of sp³-hybridized carbons (Fsp3) is 1.00. The van der Waals surface area contributed by atoms with E-state index >= 15 is 0 Å². The summed E-state index contributed by atoms with van der Waals surface area (Å²) in [4.78, 5) is 2.74. The van der Waals surface area contributed by atoms with Gasteiger partial charge in [-0.3, -0.25) is 0 Å². The molecule has 0 aromatic rings. The van der Waals surface area contributed by atoms with Gasteiger partial charge in [-0.25, -0.2) is 0 Å². The van der Waals surface area contributed by atoms with Gasteiger partial charge in [0, 0.05) is 6.54 Å². The molecule has 0 saturated carbocycles. The van der Waals surface area contributed by atoms with E-state index in [1.165, 1.54) is 110 Å². The molecule has 166 valence electrons. The molecule has 0 fully saturated rings. The lowest BCUT2D eigenvalue weighted by Gasteiger charge is -2.25. The molecule has 0 unspecified atom stereocenters. The topological polar surface area (TPSA) is 3.24 Å². The predicted octanol–water partition coefficient (Wildman–Crippen LogP) is 3.75. The van der Waals surface area contributed by atoms with Crippen molar-refractivity contribution in [3.8, 4) is 0 Å². The normalized spacial score (nSPS) is 12.0. The third-order valence-electron chi connectivity index (χ3n) is 5.25. The quantitative estimate of drug-likeness (QED) is 0.215. The van der Waals surface area contributed by atoms with Gasteiger partial charge in [-0.15, -0.1) is 0 Å². The number of quaternary nitrogens is 1. The Bertz CT molecular complexity index is 287. The van der Waals surface area contributed by atoms with Gasteiger partial charge < -0.3 is 26.4 Å². The summed E-state index contributed by atoms with van der Waals surface area (Å²) >= 11 is 0. The van der Waals surface area contributed by atoms with Gasteiger partial charge in [0.05, 0.1) is 27.7 Å². The minimum atomic E-state index is 0. The number of rotatable bonds is 19. The zero-order valence-corrected chi connectivity index (χ0v) is 21.5. The molecule has 0 radical (unpaired) electrons. The summed E-state index contributed by atoms with van der Waals surface area (Å²) in [6.07, 6.45) is 18.5. The number of unbranched alkanes of at least 4 members (excludes halogenated alkanes) is 11. The largest absolute Gasteiger partial charge is 1.00 e. The van der Waals surface area contributed by atoms with Gasteiger partial charge in [-0.2, -0.15) is 0 Å². The van der Waals surface area contributed by atoms with Gasteiger partial charge in [0.25, 0.3) is 0 Å². The maximum absolute atomic E-state index is 2.74. The van der Waals surface area contributed by atoms with Crippen LogP contribution in [-0.2, 0) is 0 Å². The van der Waals surface area contributed by atoms with Crippen LogP contribution in [0.2, 0.25) is 0 Å². The minimum Gasteiger partial charge on any atom is -1.00 e. The lowest BCUT2D eigenvalue weighted by Crippen LogP contribution is -3.00. The Balaban J connectivity index is 0. The lowest BCUT2D eigenvalue weighted by molar-refractivity contribution is -0.870. The van der Waals surface area contributed by atoms with Crippen LogP contribution in [0.4, 0.5) is 0 Å². The molecule has 27 heavy (non-hydrogen) atoms. The summed E-state index contributed by atoms with van der Waals surface area (Å²) in [5, 5.41) is 0. The molecule has 0 aliphatic carbocycles. The molecule has 0 heterocycles. The summed E-state index contributed by atoms with van der Waals surface area (Å²) < 4.78 is 1.11. The fourth-order valence-corrected chi connectivity index (χ4v) is 3.73. The van der Waals surface area contributed by atoms with E-state index in [0.717, 1.165) is 10.4 Å². The van der Waals surface area contributed by atoms with E-state index < -0.39 is 0 Å². The monoisotopic (exact) mass is 448 g/mol. The fourth-order valence-electron chi connectivity index (χ4n) is 3.73. The van der Waals surface area contributed by atoms with Crippen LogP contribution in [0, 0.1) is 5.92 Å². The second-order valence-corrected chi connectivity index (χ2v) is 9.95. The Labute approximate surface area is 183 Å². The van der Waals surface area contributed by atoms with Gasteiger partial charge in [0.1, 0.15) is 0 Å². The molecule has 2 nitrogen and oxygen atoms in total. The number of halogens is 1. The molecule has 3 heteroatoms. The molecule has 0 spiro atoms. The summed E-state index contributed by atoms with van der Waals surface area (Å²) in [6, 6.07) is 0. The minimum absolute atomic E-state index is 0. The molecule has 0 amide bonds. The third-order valence-corrected chi connectivity index (χ3v) is 5.25. The zero-order chi connectivity index (χ0) is 19.7. The average molecular weight is 450 g/mol. The molecule has 0 aromatic heterocycles. The number of hydrogen-bond acceptors (Lipinski definition) is 1. The van der Waals surface area contributed by atoms with Gasteiger partial charge >= 0.3 is 0 Å². The molecular weight excluding hydrogens is 396 g/mol. The summed E-state index contributed by atoms with van der Waals surface area (Å²) in [5.41, 5.74) is 0. The molecule has 0 atom stereocenters. The van der Waals surface area contributed by atoms with Crippen LogP contribution in [0.1, 0.15) is 104 Å². The van der Waals surface area contributed by atoms with E-state index in [9.17, 15) is 0 Å². The van der Waals surface area contributed by atoms with Crippen molar-refractivity contribution < 1.29 is 21.5 Å². The SMILES string of the molecule is CCCCCCCCCCCCN(CCCCC[N+](C)(C)C)CC(C)C.[Br-]. The third kappa shape index (κ3) is 24.4. The molecule has 0 aliphatic heterocycles. The molecule has 0 aliphatic rings. The predicted molar refractivity (Wildman–Crippen MR) is 120 cm³/mol. The van der Waals surface area contributed by atoms with Crippen molar-refractivity contribution in [2.24, 2.45) is 5.92 Å². The number of hydrogen-bond donors (Lipinski definition) is 0. The first-order valence-corrected chi connectivity index (χ1v) is 11.9. The molecule has 0 aromatic carbocycles. The van der Waals surface area contributed by atoms with Crippen molar-refractivity contribution in [3.63, 3.8) is 0 Å². The van der Waals surface area contributed by atoms with Gasteiger partial charge in [0.2, 0.25) is 0 Å². The Morgan fingerprint density at radius 1 is 0.630 bits per heavy atom. The van der Waals surface area contributed by atoms with E-state index in [4.69, 9.17) is 0 Å². The first kappa shape index (κ1) is 29.6. The molecule has 0 N–H and O–H groups in total. The highest BCUT2D eigenvalue weighted by molar-refractivity contribution is 4.61. The zero-order valence-electron chi connectivity index (χ0n) is 19.9. The van der Waals surface area contributed by atoms with Crippen LogP contribution in [0.25, 0.3) is 0 Å². The summed E-state index contributed by atoms with van der Waals surface area (Å²) in [5.74, 6) is 0.796. The van der Waals surface area contributed by atoms with Crippen molar-refractivity contribution >= 4 is 0 Å². The average Bonchev–Trinajstić information content (AvgIpc) is 2.54. The van der Waals surface area contributed by atoms with Crippen LogP contribution in [-0.4, -0.2) is 56.7 Å². The van der Waals surface area contributed by atoms with E-state index in [1.54, 1.807) is 0 Å². The maximum atomic E-state index is 2.74. The first-order valence-electron chi connectivity index (χ1n) is 11.9. The van der Waals surface area contributed by atoms with Crippen LogP contribution >= 0.6 is 0 Å². The summed E-state index contributed by atoms with van der Waals surface area (Å²) in [7, 11) is 6.91. The number of nitrogens with zero attached hydrogens (tertiary/aromatic N) is 2. The standard InChI is InChI=1S/C24H53N2.BrH/c1-7-8-9-10-11-12-13-14-15-17-20-25(23-24(2)3)21-18-16-19-22-26(4,5)6;/h24H,7-23H2,1-6H3;1H/q+1;/p-1. The van der Waals surface area contributed by atoms with Gasteiger partial charge in [-0.1, -0.05) is 78.6 Å². The maximum Gasteiger partial charge on any atom is 0.0780 e. The molecule has 0 rings (SSSR count). The highest BCUT2D eigenvalue weighted by Gasteiger charge is 2.09. The van der Waals surface area contributed by atoms with Crippen LogP contribution < -0.4 is 17.0 Å². The van der Waals surface area contributed by atoms with Crippen LogP contribution in [0.3, 0.4) is 0 Å². The van der Waals surface area contributed by atoms with Crippen molar-refractivity contribution in [1.29, 1.82) is 0 Å². The van der Waals surface area contributed by atoms with Crippen molar-refractivity contribution in [2.45, 2.75) is 104 Å². The van der Waals surface area contributed by atoms with Crippen LogP contribution in [0.15, 0.2) is 0 Å². The second kappa shape index (κ2) is 19.7. The Morgan fingerprint density at radius 2 is 1.04 bits per heavy atom. The first-order chi connectivity index (χ1) is 12.3. The smallest absolute Gasteiger partial charge is 0.0780 e. The van der Waals surface area contributed by atoms with E-state index in [2.05, 4.69) is 46.8 Å². The lowest BCUT2D eigenvalue weighted by atomic mass is 10.1. The highest BCUT2D eigenvalue weighted by Crippen LogP contribution is 2.12. The highest BCUT2D eigenvalue weighted by atomic mass is 79.9. The van der Waals surface area contributed by atoms with E-state index in [1.807, 2.05) is 0 Å². The summed E-state index contributed by atoms with van der Waals surface area (Å²) in [6.45, 7) is 12.3. The Morgan fingerprint density at radius 3 is 1.44 bits per heavy atom. The van der Waals surface area contributed by atoms with Crippen molar-refractivity contribution in [2.75, 3.05) is 47.3 Å². The van der Waals surface area contributed by atoms with Gasteiger partial charge in [-0.05, 0) is 44.7 Å². The molecule has 0 bridgehead atoms.